The highest BCUT2D eigenvalue weighted by atomic mass is 19.1. The number of nitrogens with one attached hydrogen (secondary N) is 2. The third-order valence-electron chi connectivity index (χ3n) is 2.27. The molecular formula is C12H17FN4O3. The number of carbonyl (C=O) groups excluding carboxylic acids is 2. The van der Waals surface area contributed by atoms with Crippen LogP contribution in [0.2, 0.25) is 0 Å². The van der Waals surface area contributed by atoms with Crippen molar-refractivity contribution >= 4 is 17.8 Å². The van der Waals surface area contributed by atoms with Crippen molar-refractivity contribution in [2.75, 3.05) is 25.0 Å². The molecule has 20 heavy (non-hydrogen) atoms. The number of halogens is 1. The summed E-state index contributed by atoms with van der Waals surface area (Å²) in [6, 6.07) is 1.09. The molecule has 0 spiro atoms. The first-order valence-corrected chi connectivity index (χ1v) is 6.14. The molecule has 1 aromatic rings. The summed E-state index contributed by atoms with van der Waals surface area (Å²) in [7, 11) is 0. The first-order valence-electron chi connectivity index (χ1n) is 6.14. The van der Waals surface area contributed by atoms with Crippen molar-refractivity contribution < 1.29 is 18.7 Å². The van der Waals surface area contributed by atoms with Crippen molar-refractivity contribution in [3.8, 4) is 0 Å². The maximum Gasteiger partial charge on any atom is 0.404 e. The summed E-state index contributed by atoms with van der Waals surface area (Å²) in [5.41, 5.74) is 4.87. The molecule has 0 unspecified atom stereocenters. The quantitative estimate of drug-likeness (QED) is 0.644. The average Bonchev–Trinajstić information content (AvgIpc) is 2.41. The minimum absolute atomic E-state index is 0.0540. The lowest BCUT2D eigenvalue weighted by Gasteiger charge is -2.10. The molecule has 1 heterocycles. The Bertz CT molecular complexity index is 482. The zero-order valence-corrected chi connectivity index (χ0v) is 11.1. The smallest absolute Gasteiger partial charge is 0.404 e. The second-order valence-corrected chi connectivity index (χ2v) is 3.90. The molecule has 0 aromatic carbocycles. The van der Waals surface area contributed by atoms with Gasteiger partial charge in [0.1, 0.15) is 18.2 Å². The number of carbonyl (C=O) groups is 2. The highest BCUT2D eigenvalue weighted by Gasteiger charge is 2.13. The van der Waals surface area contributed by atoms with E-state index in [2.05, 4.69) is 20.4 Å². The van der Waals surface area contributed by atoms with Gasteiger partial charge in [-0.1, -0.05) is 6.92 Å². The van der Waals surface area contributed by atoms with Crippen LogP contribution in [0.3, 0.4) is 0 Å². The highest BCUT2D eigenvalue weighted by Crippen LogP contribution is 2.13. The summed E-state index contributed by atoms with van der Waals surface area (Å²) < 4.78 is 17.6. The lowest BCUT2D eigenvalue weighted by Crippen LogP contribution is -2.30. The molecule has 0 radical (unpaired) electrons. The molecule has 0 saturated carbocycles. The summed E-state index contributed by atoms with van der Waals surface area (Å²) >= 11 is 0. The maximum absolute atomic E-state index is 13.2. The van der Waals surface area contributed by atoms with E-state index in [-0.39, 0.29) is 18.7 Å². The second-order valence-electron chi connectivity index (χ2n) is 3.90. The lowest BCUT2D eigenvalue weighted by molar-refractivity contribution is 0.0937. The standard InChI is InChI=1S/C12H17FN4O3/c1-2-3-15-10-9(6-8(13)7-17-10)11(18)16-4-5-20-12(14)19/h6-7H,2-5H2,1H3,(H2,14,19)(H,15,17)(H,16,18). The zero-order valence-electron chi connectivity index (χ0n) is 11.1. The fraction of sp³-hybridized carbons (Fsp3) is 0.417. The molecule has 2 amide bonds. The Hall–Kier alpha value is -2.38. The molecule has 0 aliphatic rings. The number of nitrogens with zero attached hydrogens (tertiary/aromatic N) is 1. The molecule has 0 saturated heterocycles. The number of primary amides is 1. The summed E-state index contributed by atoms with van der Waals surface area (Å²) in [6.45, 7) is 2.59. The van der Waals surface area contributed by atoms with Gasteiger partial charge >= 0.3 is 6.09 Å². The number of hydrogen-bond donors (Lipinski definition) is 3. The van der Waals surface area contributed by atoms with Gasteiger partial charge in [-0.05, 0) is 12.5 Å². The zero-order chi connectivity index (χ0) is 15.0. The molecule has 0 aliphatic carbocycles. The third-order valence-corrected chi connectivity index (χ3v) is 2.27. The van der Waals surface area contributed by atoms with Crippen LogP contribution in [0, 0.1) is 5.82 Å². The van der Waals surface area contributed by atoms with Crippen molar-refractivity contribution in [2.24, 2.45) is 5.73 Å². The fourth-order valence-corrected chi connectivity index (χ4v) is 1.41. The Morgan fingerprint density at radius 2 is 2.20 bits per heavy atom. The molecule has 0 aliphatic heterocycles. The first-order chi connectivity index (χ1) is 9.54. The van der Waals surface area contributed by atoms with E-state index in [4.69, 9.17) is 5.73 Å². The normalized spacial score (nSPS) is 9.90. The summed E-state index contributed by atoms with van der Waals surface area (Å²) in [5, 5.41) is 5.42. The number of hydrogen-bond acceptors (Lipinski definition) is 5. The van der Waals surface area contributed by atoms with Crippen LogP contribution >= 0.6 is 0 Å². The molecule has 0 fully saturated rings. The Kier molecular flexibility index (Phi) is 6.21. The van der Waals surface area contributed by atoms with Gasteiger partial charge in [0.2, 0.25) is 0 Å². The molecule has 1 aromatic heterocycles. The van der Waals surface area contributed by atoms with Gasteiger partial charge in [-0.2, -0.15) is 0 Å². The molecule has 4 N–H and O–H groups in total. The van der Waals surface area contributed by atoms with Gasteiger partial charge in [0, 0.05) is 6.54 Å². The predicted molar refractivity (Wildman–Crippen MR) is 70.8 cm³/mol. The highest BCUT2D eigenvalue weighted by molar-refractivity contribution is 5.98. The molecule has 110 valence electrons. The Balaban J connectivity index is 2.65. The predicted octanol–water partition coefficient (Wildman–Crippen LogP) is 0.868. The monoisotopic (exact) mass is 284 g/mol. The van der Waals surface area contributed by atoms with Crippen molar-refractivity contribution in [1.29, 1.82) is 0 Å². The topological polar surface area (TPSA) is 106 Å². The minimum Gasteiger partial charge on any atom is -0.448 e. The SMILES string of the molecule is CCCNc1ncc(F)cc1C(=O)NCCOC(N)=O. The largest absolute Gasteiger partial charge is 0.448 e. The van der Waals surface area contributed by atoms with Gasteiger partial charge in [0.25, 0.3) is 5.91 Å². The number of ether oxygens (including phenoxy) is 1. The maximum atomic E-state index is 13.2. The number of rotatable bonds is 7. The number of anilines is 1. The molecule has 1 rings (SSSR count). The van der Waals surface area contributed by atoms with Crippen LogP contribution in [0.25, 0.3) is 0 Å². The van der Waals surface area contributed by atoms with E-state index in [1.165, 1.54) is 0 Å². The number of pyridine rings is 1. The summed E-state index contributed by atoms with van der Waals surface area (Å²) in [5.74, 6) is -0.809. The van der Waals surface area contributed by atoms with Crippen LogP contribution < -0.4 is 16.4 Å². The fourth-order valence-electron chi connectivity index (χ4n) is 1.41. The van der Waals surface area contributed by atoms with Crippen LogP contribution in [0.15, 0.2) is 12.3 Å². The summed E-state index contributed by atoms with van der Waals surface area (Å²) in [6.07, 6.45) is 0.953. The first kappa shape index (κ1) is 15.7. The van der Waals surface area contributed by atoms with Crippen LogP contribution in [0.4, 0.5) is 15.0 Å². The van der Waals surface area contributed by atoms with E-state index < -0.39 is 17.8 Å². The van der Waals surface area contributed by atoms with E-state index in [9.17, 15) is 14.0 Å². The molecule has 0 bridgehead atoms. The van der Waals surface area contributed by atoms with Crippen molar-refractivity contribution in [3.63, 3.8) is 0 Å². The number of amides is 2. The van der Waals surface area contributed by atoms with Gasteiger partial charge < -0.3 is 21.1 Å². The van der Waals surface area contributed by atoms with Crippen LogP contribution in [-0.4, -0.2) is 36.7 Å². The number of nitrogens with two attached hydrogens (primary N) is 1. The van der Waals surface area contributed by atoms with Crippen molar-refractivity contribution in [3.05, 3.63) is 23.6 Å². The average molecular weight is 284 g/mol. The van der Waals surface area contributed by atoms with Gasteiger partial charge in [0.05, 0.1) is 18.3 Å². The Labute approximate surface area is 115 Å². The van der Waals surface area contributed by atoms with Crippen LogP contribution in [0.5, 0.6) is 0 Å². The molecule has 8 heteroatoms. The third kappa shape index (κ3) is 5.09. The van der Waals surface area contributed by atoms with Crippen molar-refractivity contribution in [1.82, 2.24) is 10.3 Å². The number of aromatic nitrogens is 1. The molecular weight excluding hydrogens is 267 g/mol. The molecule has 0 atom stereocenters. The van der Waals surface area contributed by atoms with Gasteiger partial charge in [-0.15, -0.1) is 0 Å². The van der Waals surface area contributed by atoms with Gasteiger partial charge in [-0.3, -0.25) is 4.79 Å². The van der Waals surface area contributed by atoms with E-state index >= 15 is 0 Å². The van der Waals surface area contributed by atoms with Crippen molar-refractivity contribution in [2.45, 2.75) is 13.3 Å². The second kappa shape index (κ2) is 7.93. The van der Waals surface area contributed by atoms with Gasteiger partial charge in [-0.25, -0.2) is 14.2 Å². The van der Waals surface area contributed by atoms with E-state index in [0.29, 0.717) is 12.4 Å². The van der Waals surface area contributed by atoms with E-state index in [1.54, 1.807) is 0 Å². The Morgan fingerprint density at radius 1 is 1.45 bits per heavy atom. The van der Waals surface area contributed by atoms with E-state index in [1.807, 2.05) is 6.92 Å². The van der Waals surface area contributed by atoms with Crippen LogP contribution in [0.1, 0.15) is 23.7 Å². The van der Waals surface area contributed by atoms with E-state index in [0.717, 1.165) is 18.7 Å². The van der Waals surface area contributed by atoms with Gasteiger partial charge in [0.15, 0.2) is 0 Å². The lowest BCUT2D eigenvalue weighted by atomic mass is 10.2. The van der Waals surface area contributed by atoms with Crippen LogP contribution in [-0.2, 0) is 4.74 Å². The minimum atomic E-state index is -0.919. The Morgan fingerprint density at radius 3 is 2.85 bits per heavy atom. The summed E-state index contributed by atoms with van der Waals surface area (Å²) in [4.78, 5) is 26.1. The molecule has 7 nitrogen and oxygen atoms in total.